The number of nitrogens with zero attached hydrogens (tertiary/aromatic N) is 2. The lowest BCUT2D eigenvalue weighted by molar-refractivity contribution is -0.497. The van der Waals surface area contributed by atoms with E-state index in [-0.39, 0.29) is 47.0 Å². The minimum atomic E-state index is -0.505. The first-order valence-corrected chi connectivity index (χ1v) is 8.66. The molecule has 0 heterocycles. The van der Waals surface area contributed by atoms with Crippen molar-refractivity contribution in [2.24, 2.45) is 0 Å². The van der Waals surface area contributed by atoms with Gasteiger partial charge in [0.05, 0.1) is 35.5 Å². The van der Waals surface area contributed by atoms with Crippen LogP contribution < -0.4 is 9.47 Å². The van der Waals surface area contributed by atoms with Gasteiger partial charge in [0.25, 0.3) is 0 Å². The number of hydrogen-bond donors (Lipinski definition) is 0. The standard InChI is InChI=1S/C19H20N2O7/c1-3-27-18-13(11-20(23)24)7-5-9-15(18)17(22)16-10-6-8-14(12-21(25)26)19(16)28-4-2/h5-10H,3-4,11-12H2,1-2H3. The molecule has 0 N–H and O–H groups in total. The van der Waals surface area contributed by atoms with Gasteiger partial charge in [0.1, 0.15) is 11.5 Å². The zero-order chi connectivity index (χ0) is 20.7. The van der Waals surface area contributed by atoms with Gasteiger partial charge in [-0.25, -0.2) is 0 Å². The molecule has 0 saturated heterocycles. The van der Waals surface area contributed by atoms with E-state index in [1.165, 1.54) is 36.4 Å². The van der Waals surface area contributed by atoms with Gasteiger partial charge >= 0.3 is 0 Å². The van der Waals surface area contributed by atoms with Gasteiger partial charge in [-0.2, -0.15) is 0 Å². The van der Waals surface area contributed by atoms with Crippen molar-refractivity contribution in [1.29, 1.82) is 0 Å². The highest BCUT2D eigenvalue weighted by Crippen LogP contribution is 2.32. The lowest BCUT2D eigenvalue weighted by Crippen LogP contribution is -2.12. The molecule has 148 valence electrons. The number of ether oxygens (including phenoxy) is 2. The molecule has 0 radical (unpaired) electrons. The van der Waals surface area contributed by atoms with E-state index in [9.17, 15) is 25.0 Å². The molecule has 2 rings (SSSR count). The van der Waals surface area contributed by atoms with Gasteiger partial charge in [0.15, 0.2) is 0 Å². The highest BCUT2D eigenvalue weighted by atomic mass is 16.6. The van der Waals surface area contributed by atoms with Crippen molar-refractivity contribution in [3.63, 3.8) is 0 Å². The zero-order valence-corrected chi connectivity index (χ0v) is 15.5. The number of ketones is 1. The van der Waals surface area contributed by atoms with E-state index in [1.807, 2.05) is 0 Å². The maximum absolute atomic E-state index is 13.2. The van der Waals surface area contributed by atoms with Gasteiger partial charge in [-0.1, -0.05) is 12.1 Å². The largest absolute Gasteiger partial charge is 0.493 e. The van der Waals surface area contributed by atoms with Gasteiger partial charge in [0, 0.05) is 9.85 Å². The summed E-state index contributed by atoms with van der Waals surface area (Å²) in [6, 6.07) is 9.14. The Labute approximate surface area is 161 Å². The molecule has 0 atom stereocenters. The Bertz CT molecular complexity index is 824. The second-order valence-electron chi connectivity index (χ2n) is 5.76. The topological polar surface area (TPSA) is 122 Å². The van der Waals surface area contributed by atoms with Crippen molar-refractivity contribution in [2.75, 3.05) is 13.2 Å². The number of carbonyl (C=O) groups excluding carboxylic acids is 1. The predicted octanol–water partition coefficient (Wildman–Crippen LogP) is 3.27. The summed E-state index contributed by atoms with van der Waals surface area (Å²) in [5.74, 6) is -0.218. The quantitative estimate of drug-likeness (QED) is 0.348. The SMILES string of the molecule is CCOc1c(C[N+](=O)[O-])cccc1C(=O)c1cccc(C[N+](=O)[O-])c1OCC. The minimum Gasteiger partial charge on any atom is -0.493 e. The Morgan fingerprint density at radius 3 is 1.54 bits per heavy atom. The van der Waals surface area contributed by atoms with Crippen LogP contribution in [0.3, 0.4) is 0 Å². The number of carbonyl (C=O) groups is 1. The van der Waals surface area contributed by atoms with Crippen molar-refractivity contribution in [3.05, 3.63) is 78.9 Å². The summed E-state index contributed by atoms with van der Waals surface area (Å²) in [6.45, 7) is 2.87. The summed E-state index contributed by atoms with van der Waals surface area (Å²) in [5, 5.41) is 21.9. The third kappa shape index (κ3) is 4.81. The summed E-state index contributed by atoms with van der Waals surface area (Å²) in [5.41, 5.74) is 0.829. The normalized spacial score (nSPS) is 10.4. The van der Waals surface area contributed by atoms with E-state index in [1.54, 1.807) is 13.8 Å². The summed E-state index contributed by atoms with van der Waals surface area (Å²) >= 11 is 0. The van der Waals surface area contributed by atoms with Gasteiger partial charge < -0.3 is 9.47 Å². The maximum atomic E-state index is 13.2. The lowest BCUT2D eigenvalue weighted by Gasteiger charge is -2.15. The van der Waals surface area contributed by atoms with Gasteiger partial charge in [-0.3, -0.25) is 25.0 Å². The number of benzene rings is 2. The summed E-state index contributed by atoms with van der Waals surface area (Å²) < 4.78 is 11.1. The van der Waals surface area contributed by atoms with Crippen LogP contribution in [0.1, 0.15) is 40.9 Å². The first-order valence-electron chi connectivity index (χ1n) is 8.66. The van der Waals surface area contributed by atoms with Gasteiger partial charge in [-0.05, 0) is 38.1 Å². The van der Waals surface area contributed by atoms with Gasteiger partial charge in [-0.15, -0.1) is 0 Å². The fourth-order valence-corrected chi connectivity index (χ4v) is 2.83. The molecule has 9 nitrogen and oxygen atoms in total. The van der Waals surface area contributed by atoms with E-state index >= 15 is 0 Å². The van der Waals surface area contributed by atoms with Crippen molar-refractivity contribution < 1.29 is 24.1 Å². The molecule has 0 aliphatic heterocycles. The molecule has 9 heteroatoms. The molecule has 0 aliphatic carbocycles. The van der Waals surface area contributed by atoms with E-state index < -0.39 is 28.7 Å². The Kier molecular flexibility index (Phi) is 7.02. The molecule has 0 aliphatic rings. The summed E-state index contributed by atoms with van der Waals surface area (Å²) in [4.78, 5) is 34.1. The monoisotopic (exact) mass is 388 g/mol. The molecule has 0 amide bonds. The van der Waals surface area contributed by atoms with E-state index in [0.717, 1.165) is 0 Å². The molecule has 0 unspecified atom stereocenters. The van der Waals surface area contributed by atoms with Crippen molar-refractivity contribution in [3.8, 4) is 11.5 Å². The van der Waals surface area contributed by atoms with Crippen LogP contribution in [0.15, 0.2) is 36.4 Å². The Morgan fingerprint density at radius 2 is 1.21 bits per heavy atom. The molecule has 0 saturated carbocycles. The average Bonchev–Trinajstić information content (AvgIpc) is 2.63. The lowest BCUT2D eigenvalue weighted by atomic mass is 9.97. The van der Waals surface area contributed by atoms with Crippen LogP contribution in [-0.2, 0) is 13.1 Å². The van der Waals surface area contributed by atoms with Crippen LogP contribution >= 0.6 is 0 Å². The van der Waals surface area contributed by atoms with Crippen LogP contribution in [0.25, 0.3) is 0 Å². The number of rotatable bonds is 10. The second kappa shape index (κ2) is 9.45. The minimum absolute atomic E-state index is 0.133. The third-order valence-electron chi connectivity index (χ3n) is 3.86. The van der Waals surface area contributed by atoms with Crippen LogP contribution in [0.5, 0.6) is 11.5 Å². The van der Waals surface area contributed by atoms with Crippen LogP contribution in [0.2, 0.25) is 0 Å². The number of nitro groups is 2. The van der Waals surface area contributed by atoms with E-state index in [0.29, 0.717) is 0 Å². The third-order valence-corrected chi connectivity index (χ3v) is 3.86. The van der Waals surface area contributed by atoms with E-state index in [2.05, 4.69) is 0 Å². The highest BCUT2D eigenvalue weighted by Gasteiger charge is 2.24. The first-order chi connectivity index (χ1) is 13.4. The van der Waals surface area contributed by atoms with Crippen molar-refractivity contribution >= 4 is 5.78 Å². The molecule has 0 bridgehead atoms. The van der Waals surface area contributed by atoms with Crippen molar-refractivity contribution in [2.45, 2.75) is 26.9 Å². The van der Waals surface area contributed by atoms with Crippen LogP contribution in [0.4, 0.5) is 0 Å². The molecule has 0 aromatic heterocycles. The highest BCUT2D eigenvalue weighted by molar-refractivity contribution is 6.12. The van der Waals surface area contributed by atoms with Gasteiger partial charge in [0.2, 0.25) is 18.9 Å². The number of hydrogen-bond acceptors (Lipinski definition) is 7. The zero-order valence-electron chi connectivity index (χ0n) is 15.5. The molecule has 0 fully saturated rings. The predicted molar refractivity (Wildman–Crippen MR) is 100 cm³/mol. The second-order valence-corrected chi connectivity index (χ2v) is 5.76. The van der Waals surface area contributed by atoms with E-state index in [4.69, 9.17) is 9.47 Å². The molecule has 2 aromatic carbocycles. The molecular formula is C19H20N2O7. The average molecular weight is 388 g/mol. The molecule has 0 spiro atoms. The Balaban J connectivity index is 2.59. The van der Waals surface area contributed by atoms with Crippen LogP contribution in [-0.4, -0.2) is 28.8 Å². The Morgan fingerprint density at radius 1 is 0.821 bits per heavy atom. The molecule has 2 aromatic rings. The molecular weight excluding hydrogens is 368 g/mol. The first kappa shape index (κ1) is 20.8. The Hall–Kier alpha value is -3.49. The molecule has 28 heavy (non-hydrogen) atoms. The fraction of sp³-hybridized carbons (Fsp3) is 0.316. The summed E-state index contributed by atoms with van der Waals surface area (Å²) in [6.07, 6.45) is 0. The maximum Gasteiger partial charge on any atom is 0.232 e. The summed E-state index contributed by atoms with van der Waals surface area (Å²) in [7, 11) is 0. The smallest absolute Gasteiger partial charge is 0.232 e. The van der Waals surface area contributed by atoms with Crippen molar-refractivity contribution in [1.82, 2.24) is 0 Å². The fourth-order valence-electron chi connectivity index (χ4n) is 2.83. The number of para-hydroxylation sites is 2. The van der Waals surface area contributed by atoms with Crippen LogP contribution in [0, 0.1) is 20.2 Å².